The SMILES string of the molecule is C/C(NC[C@@H](O)CO)=C(/C#N)C(=O)NC(=O)Nc1ccccc1Cl. The quantitative estimate of drug-likeness (QED) is 0.378. The number of amides is 3. The number of rotatable bonds is 6. The Morgan fingerprint density at radius 2 is 2.04 bits per heavy atom. The van der Waals surface area contributed by atoms with Crippen LogP contribution in [0, 0.1) is 11.3 Å². The van der Waals surface area contributed by atoms with Crippen LogP contribution in [-0.4, -0.2) is 41.4 Å². The van der Waals surface area contributed by atoms with Crippen LogP contribution >= 0.6 is 11.6 Å². The first-order chi connectivity index (χ1) is 11.4. The molecular weight excluding hydrogens is 336 g/mol. The van der Waals surface area contributed by atoms with Gasteiger partial charge in [-0.25, -0.2) is 4.79 Å². The van der Waals surface area contributed by atoms with Crippen LogP contribution in [-0.2, 0) is 4.79 Å². The van der Waals surface area contributed by atoms with Gasteiger partial charge in [-0.3, -0.25) is 10.1 Å². The van der Waals surface area contributed by atoms with E-state index in [0.717, 1.165) is 0 Å². The lowest BCUT2D eigenvalue weighted by Gasteiger charge is -2.12. The third-order valence-corrected chi connectivity index (χ3v) is 3.21. The Morgan fingerprint density at radius 1 is 1.38 bits per heavy atom. The maximum absolute atomic E-state index is 12.0. The minimum Gasteiger partial charge on any atom is -0.394 e. The van der Waals surface area contributed by atoms with Crippen molar-refractivity contribution < 1.29 is 19.8 Å². The molecule has 8 nitrogen and oxygen atoms in total. The molecule has 0 saturated carbocycles. The molecule has 1 atom stereocenters. The topological polar surface area (TPSA) is 134 Å². The molecule has 0 bridgehead atoms. The summed E-state index contributed by atoms with van der Waals surface area (Å²) in [7, 11) is 0. The number of imide groups is 1. The van der Waals surface area contributed by atoms with Gasteiger partial charge in [0.25, 0.3) is 5.91 Å². The monoisotopic (exact) mass is 352 g/mol. The van der Waals surface area contributed by atoms with Crippen LogP contribution in [0.5, 0.6) is 0 Å². The number of halogens is 1. The van der Waals surface area contributed by atoms with Gasteiger partial charge in [0, 0.05) is 12.2 Å². The predicted molar refractivity (Wildman–Crippen MR) is 88.0 cm³/mol. The second-order valence-corrected chi connectivity index (χ2v) is 5.12. The first kappa shape index (κ1) is 19.4. The average Bonchev–Trinajstić information content (AvgIpc) is 2.55. The fourth-order valence-corrected chi connectivity index (χ4v) is 1.79. The number of anilines is 1. The molecule has 0 radical (unpaired) electrons. The van der Waals surface area contributed by atoms with Crippen molar-refractivity contribution in [3.63, 3.8) is 0 Å². The number of carbonyl (C=O) groups excluding carboxylic acids is 2. The first-order valence-corrected chi connectivity index (χ1v) is 7.27. The van der Waals surface area contributed by atoms with E-state index in [2.05, 4.69) is 10.6 Å². The molecule has 0 aliphatic heterocycles. The molecule has 1 aromatic carbocycles. The van der Waals surface area contributed by atoms with Gasteiger partial charge in [-0.05, 0) is 19.1 Å². The summed E-state index contributed by atoms with van der Waals surface area (Å²) in [6, 6.07) is 7.30. The van der Waals surface area contributed by atoms with Gasteiger partial charge in [-0.15, -0.1) is 0 Å². The van der Waals surface area contributed by atoms with Crippen LogP contribution < -0.4 is 16.0 Å². The molecule has 128 valence electrons. The molecule has 0 saturated heterocycles. The zero-order valence-electron chi connectivity index (χ0n) is 12.8. The maximum atomic E-state index is 12.0. The van der Waals surface area contributed by atoms with Gasteiger partial charge in [0.05, 0.1) is 23.4 Å². The molecule has 0 fully saturated rings. The van der Waals surface area contributed by atoms with Crippen molar-refractivity contribution in [2.75, 3.05) is 18.5 Å². The lowest BCUT2D eigenvalue weighted by atomic mass is 10.2. The Labute approximate surface area is 143 Å². The third kappa shape index (κ3) is 5.89. The number of nitrogens with zero attached hydrogens (tertiary/aromatic N) is 1. The van der Waals surface area contributed by atoms with Gasteiger partial charge >= 0.3 is 6.03 Å². The molecule has 0 heterocycles. The van der Waals surface area contributed by atoms with E-state index in [1.165, 1.54) is 6.92 Å². The number of para-hydroxylation sites is 1. The number of hydrogen-bond acceptors (Lipinski definition) is 6. The Hall–Kier alpha value is -2.60. The molecule has 5 N–H and O–H groups in total. The standard InChI is InChI=1S/C15H17ClN4O4/c1-9(18-7-10(22)8-21)11(6-17)14(23)20-15(24)19-13-5-3-2-4-12(13)16/h2-5,10,18,21-22H,7-8H2,1H3,(H2,19,20,23,24)/b11-9+/t10-/m1/s1. The fraction of sp³-hybridized carbons (Fsp3) is 0.267. The first-order valence-electron chi connectivity index (χ1n) is 6.89. The molecule has 0 aliphatic rings. The number of allylic oxidation sites excluding steroid dienone is 1. The van der Waals surface area contributed by atoms with Gasteiger partial charge in [-0.2, -0.15) is 5.26 Å². The van der Waals surface area contributed by atoms with E-state index < -0.39 is 24.6 Å². The molecule has 9 heteroatoms. The smallest absolute Gasteiger partial charge is 0.326 e. The second-order valence-electron chi connectivity index (χ2n) is 4.72. The lowest BCUT2D eigenvalue weighted by Crippen LogP contribution is -2.37. The van der Waals surface area contributed by atoms with E-state index in [-0.39, 0.29) is 17.8 Å². The number of nitrogens with one attached hydrogen (secondary N) is 3. The van der Waals surface area contributed by atoms with Crippen molar-refractivity contribution in [1.82, 2.24) is 10.6 Å². The summed E-state index contributed by atoms with van der Waals surface area (Å²) in [5, 5.41) is 34.4. The number of urea groups is 1. The summed E-state index contributed by atoms with van der Waals surface area (Å²) in [5.74, 6) is -0.912. The van der Waals surface area contributed by atoms with E-state index in [9.17, 15) is 14.7 Å². The summed E-state index contributed by atoms with van der Waals surface area (Å²) in [5.41, 5.74) is 0.148. The van der Waals surface area contributed by atoms with Crippen molar-refractivity contribution in [3.8, 4) is 6.07 Å². The third-order valence-electron chi connectivity index (χ3n) is 2.88. The van der Waals surface area contributed by atoms with Crippen LogP contribution in [0.2, 0.25) is 5.02 Å². The number of benzene rings is 1. The molecule has 3 amide bonds. The second kappa shape index (κ2) is 9.52. The van der Waals surface area contributed by atoms with Crippen LogP contribution in [0.25, 0.3) is 0 Å². The number of nitriles is 1. The van der Waals surface area contributed by atoms with Crippen molar-refractivity contribution in [1.29, 1.82) is 5.26 Å². The van der Waals surface area contributed by atoms with Crippen molar-refractivity contribution in [2.24, 2.45) is 0 Å². The molecule has 0 aliphatic carbocycles. The average molecular weight is 353 g/mol. The molecule has 1 rings (SSSR count). The lowest BCUT2D eigenvalue weighted by molar-refractivity contribution is -0.116. The van der Waals surface area contributed by atoms with Gasteiger partial charge in [0.2, 0.25) is 0 Å². The number of aliphatic hydroxyl groups is 2. The normalized spacial score (nSPS) is 12.5. The number of carbonyl (C=O) groups is 2. The summed E-state index contributed by atoms with van der Waals surface area (Å²) < 4.78 is 0. The van der Waals surface area contributed by atoms with E-state index >= 15 is 0 Å². The molecule has 1 aromatic rings. The molecule has 0 spiro atoms. The fourth-order valence-electron chi connectivity index (χ4n) is 1.61. The minimum atomic E-state index is -1.04. The summed E-state index contributed by atoms with van der Waals surface area (Å²) in [6.07, 6.45) is -1.04. The Morgan fingerprint density at radius 3 is 2.62 bits per heavy atom. The summed E-state index contributed by atoms with van der Waals surface area (Å²) in [4.78, 5) is 23.8. The molecule has 0 aromatic heterocycles. The molecular formula is C15H17ClN4O4. The predicted octanol–water partition coefficient (Wildman–Crippen LogP) is 0.728. The highest BCUT2D eigenvalue weighted by Gasteiger charge is 2.17. The van der Waals surface area contributed by atoms with Crippen molar-refractivity contribution in [3.05, 3.63) is 40.6 Å². The van der Waals surface area contributed by atoms with E-state index in [1.54, 1.807) is 30.3 Å². The largest absolute Gasteiger partial charge is 0.394 e. The van der Waals surface area contributed by atoms with E-state index in [1.807, 2.05) is 5.32 Å². The zero-order chi connectivity index (χ0) is 18.1. The van der Waals surface area contributed by atoms with Crippen LogP contribution in [0.15, 0.2) is 35.5 Å². The highest BCUT2D eigenvalue weighted by molar-refractivity contribution is 6.33. The highest BCUT2D eigenvalue weighted by Crippen LogP contribution is 2.20. The van der Waals surface area contributed by atoms with Crippen molar-refractivity contribution >= 4 is 29.2 Å². The van der Waals surface area contributed by atoms with E-state index in [4.69, 9.17) is 22.0 Å². The van der Waals surface area contributed by atoms with E-state index in [0.29, 0.717) is 10.7 Å². The van der Waals surface area contributed by atoms with Gasteiger partial charge in [-0.1, -0.05) is 23.7 Å². The van der Waals surface area contributed by atoms with Gasteiger partial charge in [0.1, 0.15) is 11.6 Å². The van der Waals surface area contributed by atoms with Crippen LogP contribution in [0.1, 0.15) is 6.92 Å². The Balaban J connectivity index is 2.71. The van der Waals surface area contributed by atoms with Crippen molar-refractivity contribution in [2.45, 2.75) is 13.0 Å². The Kier molecular flexibility index (Phi) is 7.71. The number of hydrogen-bond donors (Lipinski definition) is 5. The van der Waals surface area contributed by atoms with Gasteiger partial charge < -0.3 is 20.8 Å². The summed E-state index contributed by atoms with van der Waals surface area (Å²) >= 11 is 5.89. The van der Waals surface area contributed by atoms with Gasteiger partial charge in [0.15, 0.2) is 0 Å². The molecule has 24 heavy (non-hydrogen) atoms. The number of aliphatic hydroxyl groups excluding tert-OH is 2. The maximum Gasteiger partial charge on any atom is 0.326 e. The molecule has 0 unspecified atom stereocenters. The summed E-state index contributed by atoms with van der Waals surface area (Å²) in [6.45, 7) is 0.926. The highest BCUT2D eigenvalue weighted by atomic mass is 35.5. The van der Waals surface area contributed by atoms with Crippen LogP contribution in [0.3, 0.4) is 0 Å². The zero-order valence-corrected chi connectivity index (χ0v) is 13.6. The van der Waals surface area contributed by atoms with Crippen LogP contribution in [0.4, 0.5) is 10.5 Å². The Bertz CT molecular complexity index is 684. The minimum absolute atomic E-state index is 0.0490.